The molecule has 0 aromatic rings. The maximum absolute atomic E-state index is 9.49. The summed E-state index contributed by atoms with van der Waals surface area (Å²) in [5.74, 6) is -1.92. The summed E-state index contributed by atoms with van der Waals surface area (Å²) in [4.78, 5) is 19.0. The Hall–Kier alpha value is -0.138. The van der Waals surface area contributed by atoms with Crippen LogP contribution in [0, 0.1) is 0 Å². The topological polar surface area (TPSA) is 80.3 Å². The molecule has 108 valence electrons. The van der Waals surface area contributed by atoms with Crippen molar-refractivity contribution in [2.24, 2.45) is 0 Å². The number of carboxylic acids is 2. The van der Waals surface area contributed by atoms with E-state index in [-0.39, 0.29) is 40.1 Å². The van der Waals surface area contributed by atoms with E-state index in [9.17, 15) is 19.8 Å². The second-order valence-corrected chi connectivity index (χ2v) is 4.37. The molecular weight excluding hydrogens is 345 g/mol. The Balaban J connectivity index is -0.000000197. The standard InChI is InChI=1S/C6H12.2C4H8O2.Cd/c1-2-4-6-5-3-1;2*1-2-3-4(5)6;/h1-6H2;2*2-3H2,1H3,(H,5,6);/q;;;+2/p-2. The van der Waals surface area contributed by atoms with E-state index in [2.05, 4.69) is 0 Å². The monoisotopic (exact) mass is 372 g/mol. The predicted octanol–water partition coefficient (Wildman–Crippen LogP) is 1.41. The molecule has 19 heavy (non-hydrogen) atoms. The van der Waals surface area contributed by atoms with Crippen molar-refractivity contribution in [2.75, 3.05) is 0 Å². The predicted molar refractivity (Wildman–Crippen MR) is 67.5 cm³/mol. The van der Waals surface area contributed by atoms with Gasteiger partial charge in [-0.05, 0) is 12.8 Å². The van der Waals surface area contributed by atoms with E-state index < -0.39 is 11.9 Å². The van der Waals surface area contributed by atoms with Crippen molar-refractivity contribution >= 4 is 11.9 Å². The fourth-order valence-corrected chi connectivity index (χ4v) is 1.47. The zero-order valence-electron chi connectivity index (χ0n) is 12.4. The largest absolute Gasteiger partial charge is 2.00 e. The molecule has 1 fully saturated rings. The molecular formula is C14H26CdO4. The molecule has 0 aromatic heterocycles. The van der Waals surface area contributed by atoms with Gasteiger partial charge in [0.1, 0.15) is 0 Å². The minimum atomic E-state index is -0.961. The van der Waals surface area contributed by atoms with Crippen molar-refractivity contribution in [1.82, 2.24) is 0 Å². The Morgan fingerprint density at radius 1 is 0.737 bits per heavy atom. The first-order valence-electron chi connectivity index (χ1n) is 6.94. The SMILES string of the molecule is C1CCCCC1.CCCC(=O)[O-].CCCC(=O)[O-].[Cd+2]. The molecule has 1 saturated carbocycles. The molecule has 0 amide bonds. The number of carboxylic acid groups (broad SMARTS) is 2. The van der Waals surface area contributed by atoms with E-state index in [0.717, 1.165) is 0 Å². The number of hydrogen-bond donors (Lipinski definition) is 0. The summed E-state index contributed by atoms with van der Waals surface area (Å²) in [5.41, 5.74) is 0. The Bertz CT molecular complexity index is 176. The van der Waals surface area contributed by atoms with Gasteiger partial charge in [0.05, 0.1) is 0 Å². The molecule has 5 heteroatoms. The van der Waals surface area contributed by atoms with Crippen LogP contribution in [0.4, 0.5) is 0 Å². The molecule has 0 aliphatic heterocycles. The zero-order valence-corrected chi connectivity index (χ0v) is 16.4. The number of hydrogen-bond acceptors (Lipinski definition) is 4. The maximum Gasteiger partial charge on any atom is 2.00 e. The van der Waals surface area contributed by atoms with Crippen LogP contribution in [-0.4, -0.2) is 11.9 Å². The van der Waals surface area contributed by atoms with Gasteiger partial charge in [-0.15, -0.1) is 0 Å². The molecule has 1 aliphatic rings. The molecule has 0 unspecified atom stereocenters. The summed E-state index contributed by atoms with van der Waals surface area (Å²) in [6.45, 7) is 3.60. The Kier molecular flexibility index (Phi) is 25.4. The third kappa shape index (κ3) is 31.9. The van der Waals surface area contributed by atoms with Gasteiger partial charge in [-0.3, -0.25) is 0 Å². The molecule has 0 aromatic carbocycles. The van der Waals surface area contributed by atoms with Crippen molar-refractivity contribution in [3.63, 3.8) is 0 Å². The fraction of sp³-hybridized carbons (Fsp3) is 0.857. The van der Waals surface area contributed by atoms with Crippen molar-refractivity contribution in [2.45, 2.75) is 78.1 Å². The van der Waals surface area contributed by atoms with E-state index in [4.69, 9.17) is 0 Å². The Labute approximate surface area is 137 Å². The van der Waals surface area contributed by atoms with Crippen molar-refractivity contribution in [3.05, 3.63) is 0 Å². The van der Waals surface area contributed by atoms with Crippen LogP contribution in [0.2, 0.25) is 0 Å². The Morgan fingerprint density at radius 3 is 1.00 bits per heavy atom. The first-order chi connectivity index (χ1) is 8.54. The van der Waals surface area contributed by atoms with Crippen LogP contribution < -0.4 is 10.2 Å². The van der Waals surface area contributed by atoms with Gasteiger partial charge in [0.2, 0.25) is 0 Å². The smallest absolute Gasteiger partial charge is 0.550 e. The van der Waals surface area contributed by atoms with Crippen LogP contribution in [0.25, 0.3) is 0 Å². The van der Waals surface area contributed by atoms with Crippen LogP contribution in [0.15, 0.2) is 0 Å². The van der Waals surface area contributed by atoms with E-state index >= 15 is 0 Å². The van der Waals surface area contributed by atoms with Gasteiger partial charge in [0.15, 0.2) is 0 Å². The quantitative estimate of drug-likeness (QED) is 0.701. The third-order valence-corrected chi connectivity index (χ3v) is 2.41. The summed E-state index contributed by atoms with van der Waals surface area (Å²) >= 11 is 0. The van der Waals surface area contributed by atoms with Gasteiger partial charge < -0.3 is 19.8 Å². The molecule has 1 aliphatic carbocycles. The second kappa shape index (κ2) is 20.2. The average molecular weight is 371 g/mol. The van der Waals surface area contributed by atoms with Gasteiger partial charge >= 0.3 is 27.3 Å². The normalized spacial score (nSPS) is 12.7. The summed E-state index contributed by atoms with van der Waals surface area (Å²) in [7, 11) is 0. The molecule has 0 bridgehead atoms. The van der Waals surface area contributed by atoms with E-state index in [1.54, 1.807) is 13.8 Å². The molecule has 0 saturated heterocycles. The van der Waals surface area contributed by atoms with Crippen LogP contribution in [0.1, 0.15) is 78.1 Å². The molecule has 0 N–H and O–H groups in total. The molecule has 0 heterocycles. The van der Waals surface area contributed by atoms with E-state index in [1.807, 2.05) is 0 Å². The van der Waals surface area contributed by atoms with Gasteiger partial charge in [0.25, 0.3) is 0 Å². The van der Waals surface area contributed by atoms with Gasteiger partial charge in [-0.2, -0.15) is 0 Å². The second-order valence-electron chi connectivity index (χ2n) is 4.37. The van der Waals surface area contributed by atoms with E-state index in [0.29, 0.717) is 12.8 Å². The molecule has 0 spiro atoms. The van der Waals surface area contributed by atoms with Gasteiger partial charge in [0, 0.05) is 11.9 Å². The number of aliphatic carboxylic acids is 2. The van der Waals surface area contributed by atoms with Gasteiger partial charge in [-0.1, -0.05) is 65.2 Å². The first-order valence-corrected chi connectivity index (χ1v) is 6.94. The number of carbonyl (C=O) groups excluding carboxylic acids is 2. The van der Waals surface area contributed by atoms with Crippen LogP contribution in [-0.2, 0) is 36.9 Å². The number of carbonyl (C=O) groups is 2. The molecule has 1 rings (SSSR count). The van der Waals surface area contributed by atoms with E-state index in [1.165, 1.54) is 38.5 Å². The summed E-state index contributed by atoms with van der Waals surface area (Å²) in [6.07, 6.45) is 10.7. The minimum absolute atomic E-state index is 0. The summed E-state index contributed by atoms with van der Waals surface area (Å²) in [6, 6.07) is 0. The first kappa shape index (κ1) is 23.9. The zero-order chi connectivity index (χ0) is 14.2. The minimum Gasteiger partial charge on any atom is -0.550 e. The Morgan fingerprint density at radius 2 is 0.947 bits per heavy atom. The summed E-state index contributed by atoms with van der Waals surface area (Å²) < 4.78 is 0. The van der Waals surface area contributed by atoms with Crippen LogP contribution >= 0.6 is 0 Å². The maximum atomic E-state index is 9.49. The van der Waals surface area contributed by atoms with Crippen LogP contribution in [0.3, 0.4) is 0 Å². The van der Waals surface area contributed by atoms with Crippen LogP contribution in [0.5, 0.6) is 0 Å². The number of rotatable bonds is 4. The van der Waals surface area contributed by atoms with Crippen molar-refractivity contribution in [3.8, 4) is 0 Å². The average Bonchev–Trinajstić information content (AvgIpc) is 2.32. The molecule has 0 radical (unpaired) electrons. The summed E-state index contributed by atoms with van der Waals surface area (Å²) in [5, 5.41) is 19.0. The molecule has 4 nitrogen and oxygen atoms in total. The fourth-order valence-electron chi connectivity index (χ4n) is 1.47. The third-order valence-electron chi connectivity index (χ3n) is 2.41. The van der Waals surface area contributed by atoms with Crippen molar-refractivity contribution in [1.29, 1.82) is 0 Å². The molecule has 0 atom stereocenters. The van der Waals surface area contributed by atoms with Gasteiger partial charge in [-0.25, -0.2) is 0 Å². The van der Waals surface area contributed by atoms with Crippen molar-refractivity contribution < 1.29 is 47.1 Å².